The van der Waals surface area contributed by atoms with E-state index in [1.807, 2.05) is 72.8 Å². The molecule has 2 bridgehead atoms. The number of benzene rings is 9. The van der Waals surface area contributed by atoms with Crippen molar-refractivity contribution >= 4 is 22.1 Å². The molecule has 0 fully saturated rings. The van der Waals surface area contributed by atoms with Gasteiger partial charge in [0.1, 0.15) is 11.6 Å². The third kappa shape index (κ3) is 7.10. The van der Waals surface area contributed by atoms with Gasteiger partial charge in [-0.25, -0.2) is 39.9 Å². The zero-order valence-corrected chi connectivity index (χ0v) is 41.4. The summed E-state index contributed by atoms with van der Waals surface area (Å²) in [5.74, 6) is 5.49. The topological polar surface area (TPSA) is 113 Å². The quantitative estimate of drug-likeness (QED) is 0.148. The first-order valence-electron chi connectivity index (χ1n) is 25.5. The van der Waals surface area contributed by atoms with Gasteiger partial charge in [-0.05, 0) is 69.8 Å². The molecule has 2 unspecified atom stereocenters. The van der Waals surface area contributed by atoms with Crippen LogP contribution < -0.4 is 0 Å². The SMILES string of the molecule is Cn1c(-c2ccc(-c3nc(-c4ccccc4)nc(-c4ccc5c(c4)C4c6ccccc6C5c5cc(-c6nc(-c7ccccc7)nc(-c7ccc(-c8nc9ccccc9n8C)cc7)n6)ccc54)n3)cc2)nc2ccccc21. The minimum Gasteiger partial charge on any atom is -0.327 e. The molecule has 10 heteroatoms. The number of para-hydroxylation sites is 4. The first-order chi connectivity index (χ1) is 37.5. The standard InChI is InChI=1S/C66H44N10/c1-75-55-23-13-11-21-53(55)67-65(75)43-29-25-41(26-30-43)61-69-59(39-15-5-3-6-16-39)71-63(73-61)45-33-35-49-51(37-45)57-47-19-9-10-20-48(47)58(49)52-38-46(34-36-50(52)57)64-72-60(40-17-7-4-8-18-40)70-62(74-64)42-27-31-44(32-28-42)66-68-54-22-12-14-24-56(54)76(66)2/h3-38,57-58H,1-2H3. The summed E-state index contributed by atoms with van der Waals surface area (Å²) >= 11 is 0. The van der Waals surface area contributed by atoms with Crippen LogP contribution in [0.5, 0.6) is 0 Å². The lowest BCUT2D eigenvalue weighted by atomic mass is 9.61. The fourth-order valence-corrected chi connectivity index (χ4v) is 11.5. The zero-order chi connectivity index (χ0) is 50.4. The molecule has 10 nitrogen and oxygen atoms in total. The summed E-state index contributed by atoms with van der Waals surface area (Å²) in [5.41, 5.74) is 19.4. The van der Waals surface area contributed by atoms with Crippen molar-refractivity contribution in [1.29, 1.82) is 0 Å². The fourth-order valence-electron chi connectivity index (χ4n) is 11.5. The minimum absolute atomic E-state index is 0.00552. The Morgan fingerprint density at radius 2 is 0.539 bits per heavy atom. The van der Waals surface area contributed by atoms with Crippen LogP contribution in [-0.2, 0) is 14.1 Å². The summed E-state index contributed by atoms with van der Waals surface area (Å²) in [6.07, 6.45) is 0. The molecule has 0 radical (unpaired) electrons. The molecule has 3 aliphatic rings. The van der Waals surface area contributed by atoms with Crippen LogP contribution in [-0.4, -0.2) is 49.0 Å². The lowest BCUT2D eigenvalue weighted by molar-refractivity contribution is 0.754. The van der Waals surface area contributed by atoms with Crippen molar-refractivity contribution < 1.29 is 0 Å². The highest BCUT2D eigenvalue weighted by molar-refractivity contribution is 5.83. The van der Waals surface area contributed by atoms with Gasteiger partial charge in [0.25, 0.3) is 0 Å². The first-order valence-corrected chi connectivity index (χ1v) is 25.5. The predicted octanol–water partition coefficient (Wildman–Crippen LogP) is 14.2. The van der Waals surface area contributed by atoms with Gasteiger partial charge in [0, 0.05) is 70.4 Å². The van der Waals surface area contributed by atoms with Gasteiger partial charge in [0.2, 0.25) is 0 Å². The predicted molar refractivity (Wildman–Crippen MR) is 300 cm³/mol. The van der Waals surface area contributed by atoms with Crippen molar-refractivity contribution in [3.8, 4) is 91.1 Å². The number of aromatic nitrogens is 10. The number of rotatable bonds is 8. The molecule has 2 atom stereocenters. The number of nitrogens with zero attached hydrogens (tertiary/aromatic N) is 10. The van der Waals surface area contributed by atoms with Crippen LogP contribution in [0.15, 0.2) is 218 Å². The smallest absolute Gasteiger partial charge is 0.164 e. The number of imidazole rings is 2. The van der Waals surface area contributed by atoms with Crippen molar-refractivity contribution in [3.63, 3.8) is 0 Å². The highest BCUT2D eigenvalue weighted by atomic mass is 15.1. The maximum atomic E-state index is 5.22. The monoisotopic (exact) mass is 976 g/mol. The zero-order valence-electron chi connectivity index (χ0n) is 41.4. The summed E-state index contributed by atoms with van der Waals surface area (Å²) in [5, 5.41) is 0. The number of hydrogen-bond acceptors (Lipinski definition) is 8. The van der Waals surface area contributed by atoms with Gasteiger partial charge in [-0.1, -0.05) is 182 Å². The minimum atomic E-state index is -0.00552. The molecule has 13 aromatic rings. The molecule has 0 aliphatic heterocycles. The Bertz CT molecular complexity index is 4140. The van der Waals surface area contributed by atoms with Gasteiger partial charge in [-0.2, -0.15) is 0 Å². The van der Waals surface area contributed by atoms with Crippen molar-refractivity contribution in [2.24, 2.45) is 14.1 Å². The van der Waals surface area contributed by atoms with Crippen molar-refractivity contribution in [1.82, 2.24) is 49.0 Å². The molecule has 9 aromatic carbocycles. The van der Waals surface area contributed by atoms with Crippen LogP contribution in [0.25, 0.3) is 113 Å². The van der Waals surface area contributed by atoms with Gasteiger partial charge in [0.15, 0.2) is 34.9 Å². The van der Waals surface area contributed by atoms with Crippen LogP contribution in [0.4, 0.5) is 0 Å². The summed E-state index contributed by atoms with van der Waals surface area (Å²) in [4.78, 5) is 40.8. The number of aryl methyl sites for hydroxylation is 2. The van der Waals surface area contributed by atoms with Crippen LogP contribution in [0, 0.1) is 0 Å². The van der Waals surface area contributed by atoms with E-state index in [1.165, 1.54) is 33.4 Å². The van der Waals surface area contributed by atoms with E-state index in [0.717, 1.165) is 78.2 Å². The number of hydrogen-bond donors (Lipinski definition) is 0. The van der Waals surface area contributed by atoms with Gasteiger partial charge in [-0.3, -0.25) is 0 Å². The Morgan fingerprint density at radius 1 is 0.250 bits per heavy atom. The summed E-state index contributed by atoms with van der Waals surface area (Å²) in [7, 11) is 4.12. The average molecular weight is 977 g/mol. The Morgan fingerprint density at radius 3 is 0.921 bits per heavy atom. The molecule has 0 N–H and O–H groups in total. The van der Waals surface area contributed by atoms with Crippen LogP contribution in [0.1, 0.15) is 45.2 Å². The van der Waals surface area contributed by atoms with Crippen molar-refractivity contribution in [2.75, 3.05) is 0 Å². The van der Waals surface area contributed by atoms with E-state index in [-0.39, 0.29) is 11.8 Å². The summed E-state index contributed by atoms with van der Waals surface area (Å²) < 4.78 is 4.27. The maximum Gasteiger partial charge on any atom is 0.164 e. The molecule has 0 amide bonds. The molecule has 358 valence electrons. The van der Waals surface area contributed by atoms with Crippen LogP contribution in [0.2, 0.25) is 0 Å². The van der Waals surface area contributed by atoms with Gasteiger partial charge < -0.3 is 9.13 Å². The van der Waals surface area contributed by atoms with E-state index in [9.17, 15) is 0 Å². The molecule has 0 saturated carbocycles. The van der Waals surface area contributed by atoms with E-state index in [1.54, 1.807) is 0 Å². The molecule has 3 aliphatic carbocycles. The molecular weight excluding hydrogens is 933 g/mol. The summed E-state index contributed by atoms with van der Waals surface area (Å²) in [6.45, 7) is 0. The molecule has 0 saturated heterocycles. The van der Waals surface area contributed by atoms with Gasteiger partial charge >= 0.3 is 0 Å². The Kier molecular flexibility index (Phi) is 9.90. The normalized spacial score (nSPS) is 14.2. The molecule has 4 aromatic heterocycles. The number of fused-ring (bicyclic) bond motifs is 2. The van der Waals surface area contributed by atoms with E-state index in [2.05, 4.69) is 169 Å². The largest absolute Gasteiger partial charge is 0.327 e. The first kappa shape index (κ1) is 43.5. The van der Waals surface area contributed by atoms with E-state index in [0.29, 0.717) is 34.9 Å². The second kappa shape index (κ2) is 17.3. The highest BCUT2D eigenvalue weighted by Gasteiger charge is 2.41. The third-order valence-corrected chi connectivity index (χ3v) is 15.3. The lowest BCUT2D eigenvalue weighted by Crippen LogP contribution is -2.27. The van der Waals surface area contributed by atoms with Gasteiger partial charge in [-0.15, -0.1) is 0 Å². The average Bonchev–Trinajstić information content (AvgIpc) is 4.14. The highest BCUT2D eigenvalue weighted by Crippen LogP contribution is 2.56. The maximum absolute atomic E-state index is 5.22. The Balaban J connectivity index is 0.808. The molecule has 0 spiro atoms. The van der Waals surface area contributed by atoms with Gasteiger partial charge in [0.05, 0.1) is 22.1 Å². The van der Waals surface area contributed by atoms with Crippen LogP contribution in [0.3, 0.4) is 0 Å². The van der Waals surface area contributed by atoms with Crippen molar-refractivity contribution in [2.45, 2.75) is 11.8 Å². The second-order valence-electron chi connectivity index (χ2n) is 19.6. The van der Waals surface area contributed by atoms with E-state index in [4.69, 9.17) is 39.9 Å². The fraction of sp³-hybridized carbons (Fsp3) is 0.0606. The second-order valence-corrected chi connectivity index (χ2v) is 19.6. The van der Waals surface area contributed by atoms with E-state index < -0.39 is 0 Å². The van der Waals surface area contributed by atoms with E-state index >= 15 is 0 Å². The molecule has 16 rings (SSSR count). The molecule has 76 heavy (non-hydrogen) atoms. The summed E-state index contributed by atoms with van der Waals surface area (Å²) in [6, 6.07) is 75.9. The molecular formula is C66H44N10. The Labute approximate surface area is 437 Å². The Hall–Kier alpha value is -10.1. The molecule has 4 heterocycles. The lowest BCUT2D eigenvalue weighted by Gasteiger charge is -2.42. The third-order valence-electron chi connectivity index (χ3n) is 15.3. The van der Waals surface area contributed by atoms with Crippen molar-refractivity contribution in [3.05, 3.63) is 252 Å². The van der Waals surface area contributed by atoms with Crippen LogP contribution >= 0.6 is 0 Å².